The van der Waals surface area contributed by atoms with Gasteiger partial charge in [-0.2, -0.15) is 0 Å². The van der Waals surface area contributed by atoms with E-state index in [0.29, 0.717) is 19.2 Å². The summed E-state index contributed by atoms with van der Waals surface area (Å²) in [5.41, 5.74) is 0. The van der Waals surface area contributed by atoms with Crippen LogP contribution in [-0.4, -0.2) is 66.9 Å². The van der Waals surface area contributed by atoms with Gasteiger partial charge in [0.2, 0.25) is 0 Å². The molecule has 1 rings (SSSR count). The highest BCUT2D eigenvalue weighted by molar-refractivity contribution is 5.96. The molecule has 0 bridgehead atoms. The van der Waals surface area contributed by atoms with Crippen molar-refractivity contribution in [1.29, 1.82) is 0 Å². The second-order valence-corrected chi connectivity index (χ2v) is 5.09. The van der Waals surface area contributed by atoms with Gasteiger partial charge < -0.3 is 4.74 Å². The zero-order chi connectivity index (χ0) is 14.3. The van der Waals surface area contributed by atoms with Crippen molar-refractivity contribution < 1.29 is 14.3 Å². The van der Waals surface area contributed by atoms with Crippen LogP contribution in [0, 0.1) is 0 Å². The van der Waals surface area contributed by atoms with Crippen molar-refractivity contribution in [2.24, 2.45) is 0 Å². The lowest BCUT2D eigenvalue weighted by molar-refractivity contribution is -0.145. The normalized spacial score (nSPS) is 19.1. The lowest BCUT2D eigenvalue weighted by atomic mass is 10.2. The van der Waals surface area contributed by atoms with Crippen molar-refractivity contribution in [2.45, 2.75) is 39.7 Å². The Morgan fingerprint density at radius 3 is 2.32 bits per heavy atom. The number of ether oxygens (including phenoxy) is 1. The predicted molar refractivity (Wildman–Crippen MR) is 74.0 cm³/mol. The van der Waals surface area contributed by atoms with Crippen LogP contribution in [0.4, 0.5) is 0 Å². The SMILES string of the molecule is CCOC(=O)CC(=O)CN1CCN(C(C)CC)CC1. The number of piperazine rings is 1. The van der Waals surface area contributed by atoms with Crippen LogP contribution in [-0.2, 0) is 14.3 Å². The zero-order valence-electron chi connectivity index (χ0n) is 12.4. The minimum Gasteiger partial charge on any atom is -0.466 e. The molecule has 5 nitrogen and oxygen atoms in total. The Morgan fingerprint density at radius 1 is 1.16 bits per heavy atom. The van der Waals surface area contributed by atoms with Gasteiger partial charge in [0.1, 0.15) is 6.42 Å². The second kappa shape index (κ2) is 8.27. The number of esters is 1. The molecule has 1 aliphatic heterocycles. The minimum atomic E-state index is -0.411. The summed E-state index contributed by atoms with van der Waals surface area (Å²) < 4.78 is 4.78. The molecule has 19 heavy (non-hydrogen) atoms. The molecule has 5 heteroatoms. The Morgan fingerprint density at radius 2 is 1.79 bits per heavy atom. The molecule has 0 aromatic rings. The molecule has 1 atom stereocenters. The highest BCUT2D eigenvalue weighted by Crippen LogP contribution is 2.08. The second-order valence-electron chi connectivity index (χ2n) is 5.09. The largest absolute Gasteiger partial charge is 0.466 e. The first-order valence-corrected chi connectivity index (χ1v) is 7.20. The van der Waals surface area contributed by atoms with Gasteiger partial charge in [-0.3, -0.25) is 19.4 Å². The first kappa shape index (κ1) is 16.1. The van der Waals surface area contributed by atoms with Gasteiger partial charge in [-0.05, 0) is 20.3 Å². The molecule has 0 amide bonds. The summed E-state index contributed by atoms with van der Waals surface area (Å²) in [7, 11) is 0. The third-order valence-electron chi connectivity index (χ3n) is 3.67. The van der Waals surface area contributed by atoms with Gasteiger partial charge in [0.05, 0.1) is 13.2 Å². The van der Waals surface area contributed by atoms with E-state index in [1.807, 2.05) is 0 Å². The summed E-state index contributed by atoms with van der Waals surface area (Å²) >= 11 is 0. The van der Waals surface area contributed by atoms with Crippen LogP contribution in [0.15, 0.2) is 0 Å². The summed E-state index contributed by atoms with van der Waals surface area (Å²) in [5, 5.41) is 0. The summed E-state index contributed by atoms with van der Waals surface area (Å²) in [6.45, 7) is 10.7. The quantitative estimate of drug-likeness (QED) is 0.509. The van der Waals surface area contributed by atoms with Crippen molar-refractivity contribution in [2.75, 3.05) is 39.3 Å². The van der Waals surface area contributed by atoms with E-state index in [0.717, 1.165) is 32.6 Å². The topological polar surface area (TPSA) is 49.9 Å². The smallest absolute Gasteiger partial charge is 0.313 e. The number of ketones is 1. The van der Waals surface area contributed by atoms with Crippen LogP contribution in [0.3, 0.4) is 0 Å². The van der Waals surface area contributed by atoms with Crippen molar-refractivity contribution in [1.82, 2.24) is 9.80 Å². The molecule has 1 heterocycles. The van der Waals surface area contributed by atoms with E-state index in [-0.39, 0.29) is 12.2 Å². The number of hydrogen-bond acceptors (Lipinski definition) is 5. The number of Topliss-reactive ketones (excluding diaryl/α,β-unsaturated/α-hetero) is 1. The van der Waals surface area contributed by atoms with Crippen molar-refractivity contribution >= 4 is 11.8 Å². The summed E-state index contributed by atoms with van der Waals surface area (Å²) in [4.78, 5) is 27.5. The molecule has 0 radical (unpaired) electrons. The molecule has 0 N–H and O–H groups in total. The Balaban J connectivity index is 2.25. The first-order chi connectivity index (χ1) is 9.06. The van der Waals surface area contributed by atoms with Crippen LogP contribution in [0.5, 0.6) is 0 Å². The molecule has 0 aromatic heterocycles. The first-order valence-electron chi connectivity index (χ1n) is 7.20. The maximum absolute atomic E-state index is 11.7. The zero-order valence-corrected chi connectivity index (χ0v) is 12.4. The number of nitrogens with zero attached hydrogens (tertiary/aromatic N) is 2. The number of hydrogen-bond donors (Lipinski definition) is 0. The van der Waals surface area contributed by atoms with E-state index in [1.54, 1.807) is 6.92 Å². The van der Waals surface area contributed by atoms with Crippen LogP contribution < -0.4 is 0 Å². The number of carbonyl (C=O) groups excluding carboxylic acids is 2. The van der Waals surface area contributed by atoms with Crippen LogP contribution >= 0.6 is 0 Å². The van der Waals surface area contributed by atoms with Gasteiger partial charge in [-0.15, -0.1) is 0 Å². The summed E-state index contributed by atoms with van der Waals surface area (Å²) in [5.74, 6) is -0.457. The maximum atomic E-state index is 11.7. The van der Waals surface area contributed by atoms with Crippen molar-refractivity contribution in [3.05, 3.63) is 0 Å². The third-order valence-corrected chi connectivity index (χ3v) is 3.67. The molecule has 110 valence electrons. The van der Waals surface area contributed by atoms with Crippen LogP contribution in [0.1, 0.15) is 33.6 Å². The maximum Gasteiger partial charge on any atom is 0.313 e. The average Bonchev–Trinajstić information content (AvgIpc) is 2.38. The minimum absolute atomic E-state index is 0.0459. The Bertz CT molecular complexity index is 299. The van der Waals surface area contributed by atoms with Gasteiger partial charge in [0.25, 0.3) is 0 Å². The van der Waals surface area contributed by atoms with Gasteiger partial charge in [-0.1, -0.05) is 6.92 Å². The van der Waals surface area contributed by atoms with Crippen LogP contribution in [0.2, 0.25) is 0 Å². The van der Waals surface area contributed by atoms with E-state index in [4.69, 9.17) is 4.74 Å². The van der Waals surface area contributed by atoms with Crippen molar-refractivity contribution in [3.63, 3.8) is 0 Å². The Labute approximate surface area is 115 Å². The fourth-order valence-electron chi connectivity index (χ4n) is 2.30. The van der Waals surface area contributed by atoms with Gasteiger partial charge >= 0.3 is 5.97 Å². The molecule has 0 saturated carbocycles. The van der Waals surface area contributed by atoms with Crippen molar-refractivity contribution in [3.8, 4) is 0 Å². The standard InChI is InChI=1S/C14H26N2O3/c1-4-12(3)16-8-6-15(7-9-16)11-13(17)10-14(18)19-5-2/h12H,4-11H2,1-3H3. The van der Waals surface area contributed by atoms with E-state index in [1.165, 1.54) is 0 Å². The molecule has 0 aromatic carbocycles. The van der Waals surface area contributed by atoms with Gasteiger partial charge in [0, 0.05) is 32.2 Å². The fourth-order valence-corrected chi connectivity index (χ4v) is 2.30. The molecular weight excluding hydrogens is 244 g/mol. The monoisotopic (exact) mass is 270 g/mol. The molecule has 1 saturated heterocycles. The molecule has 1 unspecified atom stereocenters. The van der Waals surface area contributed by atoms with E-state index in [2.05, 4.69) is 23.6 Å². The van der Waals surface area contributed by atoms with Gasteiger partial charge in [-0.25, -0.2) is 0 Å². The fraction of sp³-hybridized carbons (Fsp3) is 0.857. The summed E-state index contributed by atoms with van der Waals surface area (Å²) in [6.07, 6.45) is 1.06. The molecule has 1 fully saturated rings. The lowest BCUT2D eigenvalue weighted by Gasteiger charge is -2.37. The van der Waals surface area contributed by atoms with Crippen LogP contribution in [0.25, 0.3) is 0 Å². The highest BCUT2D eigenvalue weighted by atomic mass is 16.5. The molecular formula is C14H26N2O3. The molecule has 0 aliphatic carbocycles. The van der Waals surface area contributed by atoms with E-state index < -0.39 is 5.97 Å². The van der Waals surface area contributed by atoms with E-state index in [9.17, 15) is 9.59 Å². The third kappa shape index (κ3) is 5.70. The Kier molecular flexibility index (Phi) is 7.02. The predicted octanol–water partition coefficient (Wildman–Crippen LogP) is 0.925. The Hall–Kier alpha value is -0.940. The summed E-state index contributed by atoms with van der Waals surface area (Å²) in [6, 6.07) is 0.609. The van der Waals surface area contributed by atoms with Gasteiger partial charge in [0.15, 0.2) is 5.78 Å². The average molecular weight is 270 g/mol. The lowest BCUT2D eigenvalue weighted by Crippen LogP contribution is -2.50. The highest BCUT2D eigenvalue weighted by Gasteiger charge is 2.22. The molecule has 0 spiro atoms. The number of rotatable bonds is 7. The number of carbonyl (C=O) groups is 2. The molecule has 1 aliphatic rings. The van der Waals surface area contributed by atoms with E-state index >= 15 is 0 Å².